The van der Waals surface area contributed by atoms with Crippen LogP contribution in [-0.4, -0.2) is 37.1 Å². The maximum atomic E-state index is 12.3. The number of methoxy groups -OCH3 is 1. The first kappa shape index (κ1) is 13.6. The molecule has 1 aromatic carbocycles. The van der Waals surface area contributed by atoms with Crippen molar-refractivity contribution in [2.45, 2.75) is 18.9 Å². The predicted molar refractivity (Wildman–Crippen MR) is 71.2 cm³/mol. The summed E-state index contributed by atoms with van der Waals surface area (Å²) >= 11 is 0. The van der Waals surface area contributed by atoms with Crippen LogP contribution in [0, 0.1) is 17.2 Å². The first-order chi connectivity index (χ1) is 9.24. The van der Waals surface area contributed by atoms with E-state index in [1.165, 1.54) is 0 Å². The van der Waals surface area contributed by atoms with Gasteiger partial charge in [-0.3, -0.25) is 4.79 Å². The number of ether oxygens (including phenoxy) is 1. The number of amides is 1. The Bertz CT molecular complexity index is 467. The molecule has 2 rings (SSSR count). The van der Waals surface area contributed by atoms with Crippen LogP contribution in [0.1, 0.15) is 12.0 Å². The van der Waals surface area contributed by atoms with Crippen molar-refractivity contribution in [2.24, 2.45) is 5.92 Å². The average molecular weight is 258 g/mol. The Morgan fingerprint density at radius 1 is 1.53 bits per heavy atom. The highest BCUT2D eigenvalue weighted by molar-refractivity contribution is 5.81. The predicted octanol–water partition coefficient (Wildman–Crippen LogP) is 1.62. The summed E-state index contributed by atoms with van der Waals surface area (Å²) in [5.41, 5.74) is 1.02. The van der Waals surface area contributed by atoms with Crippen molar-refractivity contribution in [3.05, 3.63) is 35.9 Å². The number of benzene rings is 1. The summed E-state index contributed by atoms with van der Waals surface area (Å²) in [6.07, 6.45) is 1.44. The number of nitrogens with zero attached hydrogens (tertiary/aromatic N) is 2. The molecule has 2 unspecified atom stereocenters. The van der Waals surface area contributed by atoms with E-state index in [0.29, 0.717) is 19.5 Å². The lowest BCUT2D eigenvalue weighted by atomic mass is 9.99. The van der Waals surface area contributed by atoms with E-state index in [1.54, 1.807) is 12.0 Å². The van der Waals surface area contributed by atoms with Crippen LogP contribution in [0.3, 0.4) is 0 Å². The molecular weight excluding hydrogens is 240 g/mol. The maximum absolute atomic E-state index is 12.3. The Hall–Kier alpha value is -1.86. The average Bonchev–Trinajstić information content (AvgIpc) is 2.94. The van der Waals surface area contributed by atoms with Crippen molar-refractivity contribution < 1.29 is 9.53 Å². The Morgan fingerprint density at radius 3 is 2.84 bits per heavy atom. The number of rotatable bonds is 4. The van der Waals surface area contributed by atoms with Crippen molar-refractivity contribution in [3.63, 3.8) is 0 Å². The third-order valence-electron chi connectivity index (χ3n) is 3.53. The zero-order valence-corrected chi connectivity index (χ0v) is 11.1. The molecule has 1 fully saturated rings. The number of hydrogen-bond donors (Lipinski definition) is 0. The lowest BCUT2D eigenvalue weighted by Crippen LogP contribution is -2.35. The van der Waals surface area contributed by atoms with E-state index in [2.05, 4.69) is 6.07 Å². The van der Waals surface area contributed by atoms with Gasteiger partial charge >= 0.3 is 0 Å². The molecule has 0 N–H and O–H groups in total. The number of nitriles is 1. The highest BCUT2D eigenvalue weighted by Crippen LogP contribution is 2.17. The lowest BCUT2D eigenvalue weighted by Gasteiger charge is -2.19. The summed E-state index contributed by atoms with van der Waals surface area (Å²) in [5.74, 6) is -0.677. The fourth-order valence-electron chi connectivity index (χ4n) is 2.38. The molecule has 1 aromatic rings. The minimum absolute atomic E-state index is 0.0779. The summed E-state index contributed by atoms with van der Waals surface area (Å²) in [5, 5.41) is 9.21. The van der Waals surface area contributed by atoms with Gasteiger partial charge in [0, 0.05) is 20.2 Å². The van der Waals surface area contributed by atoms with E-state index >= 15 is 0 Å². The molecule has 1 saturated heterocycles. The van der Waals surface area contributed by atoms with Gasteiger partial charge in [-0.15, -0.1) is 0 Å². The Kier molecular flexibility index (Phi) is 4.53. The molecule has 1 amide bonds. The number of carbonyl (C=O) groups is 1. The van der Waals surface area contributed by atoms with Crippen LogP contribution >= 0.6 is 0 Å². The second-order valence-corrected chi connectivity index (χ2v) is 4.80. The minimum atomic E-state index is -0.599. The molecular formula is C15H18N2O2. The van der Waals surface area contributed by atoms with E-state index in [1.807, 2.05) is 30.3 Å². The topological polar surface area (TPSA) is 53.3 Å². The van der Waals surface area contributed by atoms with Crippen LogP contribution in [0.15, 0.2) is 30.3 Å². The third kappa shape index (κ3) is 3.33. The summed E-state index contributed by atoms with van der Waals surface area (Å²) in [4.78, 5) is 14.0. The van der Waals surface area contributed by atoms with Crippen molar-refractivity contribution in [2.75, 3.05) is 20.2 Å². The largest absolute Gasteiger partial charge is 0.380 e. The fraction of sp³-hybridized carbons (Fsp3) is 0.467. The quantitative estimate of drug-likeness (QED) is 0.824. The molecule has 1 aliphatic rings. The van der Waals surface area contributed by atoms with Crippen LogP contribution in [0.25, 0.3) is 0 Å². The maximum Gasteiger partial charge on any atom is 0.240 e. The fourth-order valence-corrected chi connectivity index (χ4v) is 2.38. The molecule has 1 aliphatic heterocycles. The number of carbonyl (C=O) groups excluding carboxylic acids is 1. The second-order valence-electron chi connectivity index (χ2n) is 4.80. The summed E-state index contributed by atoms with van der Waals surface area (Å²) in [6.45, 7) is 1.28. The molecule has 0 aliphatic carbocycles. The lowest BCUT2D eigenvalue weighted by molar-refractivity contribution is -0.133. The zero-order valence-electron chi connectivity index (χ0n) is 11.1. The van der Waals surface area contributed by atoms with Gasteiger partial charge in [-0.25, -0.2) is 0 Å². The van der Waals surface area contributed by atoms with Crippen molar-refractivity contribution in [3.8, 4) is 6.07 Å². The number of hydrogen-bond acceptors (Lipinski definition) is 3. The molecule has 4 heteroatoms. The first-order valence-corrected chi connectivity index (χ1v) is 6.49. The van der Waals surface area contributed by atoms with Crippen molar-refractivity contribution in [1.29, 1.82) is 5.26 Å². The Morgan fingerprint density at radius 2 is 2.26 bits per heavy atom. The zero-order chi connectivity index (χ0) is 13.7. The molecule has 0 spiro atoms. The summed E-state index contributed by atoms with van der Waals surface area (Å²) in [6, 6.07) is 11.8. The van der Waals surface area contributed by atoms with Gasteiger partial charge in [-0.05, 0) is 18.4 Å². The van der Waals surface area contributed by atoms with Crippen LogP contribution in [0.4, 0.5) is 0 Å². The first-order valence-electron chi connectivity index (χ1n) is 6.49. The van der Waals surface area contributed by atoms with E-state index in [4.69, 9.17) is 4.74 Å². The van der Waals surface area contributed by atoms with Crippen LogP contribution in [-0.2, 0) is 16.0 Å². The van der Waals surface area contributed by atoms with Gasteiger partial charge in [0.25, 0.3) is 0 Å². The van der Waals surface area contributed by atoms with Crippen molar-refractivity contribution in [1.82, 2.24) is 4.90 Å². The molecule has 4 nitrogen and oxygen atoms in total. The van der Waals surface area contributed by atoms with Gasteiger partial charge in [-0.2, -0.15) is 5.26 Å². The molecule has 0 radical (unpaired) electrons. The standard InChI is InChI=1S/C15H18N2O2/c1-19-14-7-8-17(11-14)15(18)13(10-16)9-12-5-3-2-4-6-12/h2-6,13-14H,7-9,11H2,1H3. The van der Waals surface area contributed by atoms with E-state index in [9.17, 15) is 10.1 Å². The molecule has 0 aromatic heterocycles. The highest BCUT2D eigenvalue weighted by atomic mass is 16.5. The van der Waals surface area contributed by atoms with Crippen LogP contribution in [0.5, 0.6) is 0 Å². The van der Waals surface area contributed by atoms with Gasteiger partial charge in [0.05, 0.1) is 12.2 Å². The monoisotopic (exact) mass is 258 g/mol. The SMILES string of the molecule is COC1CCN(C(=O)C(C#N)Cc2ccccc2)C1. The summed E-state index contributed by atoms with van der Waals surface area (Å²) < 4.78 is 5.25. The highest BCUT2D eigenvalue weighted by Gasteiger charge is 2.30. The van der Waals surface area contributed by atoms with Gasteiger partial charge in [0.1, 0.15) is 5.92 Å². The molecule has 1 heterocycles. The third-order valence-corrected chi connectivity index (χ3v) is 3.53. The van der Waals surface area contributed by atoms with E-state index in [-0.39, 0.29) is 12.0 Å². The second kappa shape index (κ2) is 6.35. The van der Waals surface area contributed by atoms with Gasteiger partial charge < -0.3 is 9.64 Å². The molecule has 100 valence electrons. The summed E-state index contributed by atoms with van der Waals surface area (Å²) in [7, 11) is 1.66. The van der Waals surface area contributed by atoms with Gasteiger partial charge in [0.2, 0.25) is 5.91 Å². The van der Waals surface area contributed by atoms with Crippen LogP contribution < -0.4 is 0 Å². The molecule has 0 saturated carbocycles. The smallest absolute Gasteiger partial charge is 0.240 e. The minimum Gasteiger partial charge on any atom is -0.380 e. The molecule has 2 atom stereocenters. The Balaban J connectivity index is 1.99. The van der Waals surface area contributed by atoms with Gasteiger partial charge in [0.15, 0.2) is 0 Å². The molecule has 19 heavy (non-hydrogen) atoms. The Labute approximate surface area is 113 Å². The van der Waals surface area contributed by atoms with Crippen LogP contribution in [0.2, 0.25) is 0 Å². The van der Waals surface area contributed by atoms with E-state index in [0.717, 1.165) is 12.0 Å². The normalized spacial score (nSPS) is 20.0. The van der Waals surface area contributed by atoms with Crippen molar-refractivity contribution >= 4 is 5.91 Å². The number of likely N-dealkylation sites (tertiary alicyclic amines) is 1. The van der Waals surface area contributed by atoms with Gasteiger partial charge in [-0.1, -0.05) is 30.3 Å². The molecule has 0 bridgehead atoms. The van der Waals surface area contributed by atoms with E-state index < -0.39 is 5.92 Å².